The Hall–Kier alpha value is -1.61. The largest absolute Gasteiger partial charge is 0.357 e. The maximum Gasteiger partial charge on any atom is 0.194 e. The summed E-state index contributed by atoms with van der Waals surface area (Å²) in [5.41, 5.74) is 2.98. The molecule has 2 aliphatic rings. The zero-order valence-electron chi connectivity index (χ0n) is 19.1. The fourth-order valence-corrected chi connectivity index (χ4v) is 4.75. The molecular weight excluding hydrogens is 499 g/mol. The molecule has 1 aromatic carbocycles. The van der Waals surface area contributed by atoms with Gasteiger partial charge in [-0.25, -0.2) is 4.98 Å². The third-order valence-electron chi connectivity index (χ3n) is 6.75. The topological polar surface area (TPSA) is 48.7 Å². The number of hydrogen-bond acceptors (Lipinski definition) is 3. The number of imidazole rings is 1. The van der Waals surface area contributed by atoms with Crippen molar-refractivity contribution in [2.24, 2.45) is 10.9 Å². The van der Waals surface area contributed by atoms with Gasteiger partial charge in [0.15, 0.2) is 5.96 Å². The van der Waals surface area contributed by atoms with Gasteiger partial charge in [-0.2, -0.15) is 0 Å². The molecule has 1 fully saturated rings. The van der Waals surface area contributed by atoms with Crippen LogP contribution < -0.4 is 5.32 Å². The van der Waals surface area contributed by atoms with Crippen molar-refractivity contribution in [1.29, 1.82) is 0 Å². The van der Waals surface area contributed by atoms with Gasteiger partial charge in [-0.1, -0.05) is 31.2 Å². The molecule has 3 atom stereocenters. The molecule has 2 aliphatic heterocycles. The van der Waals surface area contributed by atoms with E-state index in [1.54, 1.807) is 0 Å². The van der Waals surface area contributed by atoms with Crippen molar-refractivity contribution >= 4 is 29.9 Å². The van der Waals surface area contributed by atoms with Crippen LogP contribution in [0.5, 0.6) is 0 Å². The van der Waals surface area contributed by atoms with Gasteiger partial charge >= 0.3 is 0 Å². The normalized spacial score (nSPS) is 23.1. The second kappa shape index (κ2) is 11.3. The summed E-state index contributed by atoms with van der Waals surface area (Å²) in [7, 11) is 0. The highest BCUT2D eigenvalue weighted by Gasteiger charge is 2.29. The monoisotopic (exact) mass is 536 g/mol. The number of aliphatic imine (C=N–C) groups is 1. The van der Waals surface area contributed by atoms with E-state index >= 15 is 0 Å². The van der Waals surface area contributed by atoms with E-state index in [1.165, 1.54) is 17.5 Å². The minimum absolute atomic E-state index is 0. The van der Waals surface area contributed by atoms with Crippen molar-refractivity contribution in [3.8, 4) is 0 Å². The predicted octanol–water partition coefficient (Wildman–Crippen LogP) is 3.80. The Kier molecular flexibility index (Phi) is 8.77. The molecule has 3 heterocycles. The molecule has 1 N–H and O–H groups in total. The van der Waals surface area contributed by atoms with Crippen LogP contribution in [0.15, 0.2) is 48.0 Å². The molecule has 7 heteroatoms. The maximum atomic E-state index is 5.07. The fourth-order valence-electron chi connectivity index (χ4n) is 4.75. The highest BCUT2D eigenvalue weighted by atomic mass is 127. The number of likely N-dealkylation sites (tertiary alicyclic amines) is 1. The second-order valence-corrected chi connectivity index (χ2v) is 8.82. The molecule has 0 aliphatic carbocycles. The first kappa shape index (κ1) is 24.0. The Bertz CT molecular complexity index is 836. The molecule has 1 aromatic heterocycles. The molecule has 0 amide bonds. The van der Waals surface area contributed by atoms with Crippen LogP contribution in [0.3, 0.4) is 0 Å². The zero-order chi connectivity index (χ0) is 20.9. The molecule has 0 radical (unpaired) electrons. The van der Waals surface area contributed by atoms with Crippen molar-refractivity contribution in [3.63, 3.8) is 0 Å². The Labute approximate surface area is 204 Å². The molecule has 0 saturated carbocycles. The minimum atomic E-state index is 0. The third-order valence-corrected chi connectivity index (χ3v) is 6.75. The van der Waals surface area contributed by atoms with Crippen LogP contribution in [0.4, 0.5) is 0 Å². The first-order valence-electron chi connectivity index (χ1n) is 11.5. The van der Waals surface area contributed by atoms with E-state index < -0.39 is 0 Å². The van der Waals surface area contributed by atoms with Gasteiger partial charge in [0.25, 0.3) is 0 Å². The molecule has 3 unspecified atom stereocenters. The molecular formula is C24H37IN6. The van der Waals surface area contributed by atoms with Gasteiger partial charge in [-0.15, -0.1) is 24.0 Å². The van der Waals surface area contributed by atoms with Crippen LogP contribution in [-0.2, 0) is 13.0 Å². The summed E-state index contributed by atoms with van der Waals surface area (Å²) >= 11 is 0. The SMILES string of the molecule is CCNC(=NCC(C)N1CCc2ccccc2C1)N1CCC(C)C(n2ccnc2)C1.I. The number of nitrogens with zero attached hydrogens (tertiary/aromatic N) is 5. The molecule has 1 saturated heterocycles. The number of fused-ring (bicyclic) bond motifs is 1. The summed E-state index contributed by atoms with van der Waals surface area (Å²) in [4.78, 5) is 14.3. The lowest BCUT2D eigenvalue weighted by atomic mass is 9.93. The molecule has 0 spiro atoms. The highest BCUT2D eigenvalue weighted by Crippen LogP contribution is 2.27. The summed E-state index contributed by atoms with van der Waals surface area (Å²) < 4.78 is 2.26. The summed E-state index contributed by atoms with van der Waals surface area (Å²) in [5.74, 6) is 1.70. The van der Waals surface area contributed by atoms with E-state index in [0.717, 1.165) is 51.6 Å². The van der Waals surface area contributed by atoms with Gasteiger partial charge in [-0.05, 0) is 43.7 Å². The van der Waals surface area contributed by atoms with Gasteiger partial charge in [0.2, 0.25) is 0 Å². The van der Waals surface area contributed by atoms with Crippen LogP contribution in [0.1, 0.15) is 44.4 Å². The van der Waals surface area contributed by atoms with Crippen molar-refractivity contribution in [1.82, 2.24) is 24.7 Å². The van der Waals surface area contributed by atoms with E-state index in [1.807, 2.05) is 12.5 Å². The lowest BCUT2D eigenvalue weighted by Gasteiger charge is -2.39. The van der Waals surface area contributed by atoms with Gasteiger partial charge in [0.1, 0.15) is 0 Å². The molecule has 31 heavy (non-hydrogen) atoms. The van der Waals surface area contributed by atoms with E-state index in [4.69, 9.17) is 4.99 Å². The summed E-state index contributed by atoms with van der Waals surface area (Å²) in [6, 6.07) is 9.73. The number of nitrogens with one attached hydrogen (secondary N) is 1. The minimum Gasteiger partial charge on any atom is -0.357 e. The Morgan fingerprint density at radius 2 is 2.06 bits per heavy atom. The molecule has 6 nitrogen and oxygen atoms in total. The van der Waals surface area contributed by atoms with Gasteiger partial charge < -0.3 is 14.8 Å². The Balaban J connectivity index is 0.00000272. The van der Waals surface area contributed by atoms with Crippen molar-refractivity contribution in [3.05, 3.63) is 54.1 Å². The van der Waals surface area contributed by atoms with Crippen LogP contribution in [-0.4, -0.2) is 64.1 Å². The van der Waals surface area contributed by atoms with Crippen LogP contribution >= 0.6 is 24.0 Å². The van der Waals surface area contributed by atoms with Crippen molar-refractivity contribution < 1.29 is 0 Å². The average Bonchev–Trinajstić information content (AvgIpc) is 3.31. The quantitative estimate of drug-likeness (QED) is 0.359. The zero-order valence-corrected chi connectivity index (χ0v) is 21.4. The van der Waals surface area contributed by atoms with E-state index in [9.17, 15) is 0 Å². The highest BCUT2D eigenvalue weighted by molar-refractivity contribution is 14.0. The molecule has 4 rings (SSSR count). The first-order chi connectivity index (χ1) is 14.7. The van der Waals surface area contributed by atoms with E-state index in [0.29, 0.717) is 18.0 Å². The summed E-state index contributed by atoms with van der Waals surface area (Å²) in [6.07, 6.45) is 8.23. The van der Waals surface area contributed by atoms with Gasteiger partial charge in [0, 0.05) is 51.2 Å². The van der Waals surface area contributed by atoms with E-state index in [-0.39, 0.29) is 24.0 Å². The first-order valence-corrected chi connectivity index (χ1v) is 11.5. The van der Waals surface area contributed by atoms with Crippen molar-refractivity contribution in [2.45, 2.75) is 52.2 Å². The summed E-state index contributed by atoms with van der Waals surface area (Å²) in [6.45, 7) is 12.7. The predicted molar refractivity (Wildman–Crippen MR) is 138 cm³/mol. The number of halogens is 1. The molecule has 0 bridgehead atoms. The van der Waals surface area contributed by atoms with Crippen LogP contribution in [0, 0.1) is 5.92 Å². The molecule has 170 valence electrons. The fraction of sp³-hybridized carbons (Fsp3) is 0.583. The smallest absolute Gasteiger partial charge is 0.194 e. The average molecular weight is 537 g/mol. The number of aromatic nitrogens is 2. The number of piperidine rings is 1. The number of benzene rings is 1. The van der Waals surface area contributed by atoms with Crippen LogP contribution in [0.2, 0.25) is 0 Å². The van der Waals surface area contributed by atoms with Crippen LogP contribution in [0.25, 0.3) is 0 Å². The standard InChI is InChI=1S/C24H36N6.HI/c1-4-26-24(29-12-9-19(2)23(17-29)30-14-11-25-18-30)27-15-20(3)28-13-10-21-7-5-6-8-22(21)16-28;/h5-8,11,14,18-20,23H,4,9-10,12-13,15-17H2,1-3H3,(H,26,27);1H. The number of guanidine groups is 1. The third kappa shape index (κ3) is 5.80. The van der Waals surface area contributed by atoms with E-state index in [2.05, 4.69) is 75.9 Å². The Morgan fingerprint density at radius 1 is 1.26 bits per heavy atom. The molecule has 2 aromatic rings. The lowest BCUT2D eigenvalue weighted by molar-refractivity contribution is 0.184. The number of hydrogen-bond donors (Lipinski definition) is 1. The van der Waals surface area contributed by atoms with Gasteiger partial charge in [-0.3, -0.25) is 9.89 Å². The maximum absolute atomic E-state index is 5.07. The second-order valence-electron chi connectivity index (χ2n) is 8.82. The summed E-state index contributed by atoms with van der Waals surface area (Å²) in [5, 5.41) is 3.54. The Morgan fingerprint density at radius 3 is 2.81 bits per heavy atom. The van der Waals surface area contributed by atoms with Gasteiger partial charge in [0.05, 0.1) is 18.9 Å². The van der Waals surface area contributed by atoms with Crippen molar-refractivity contribution in [2.75, 3.05) is 32.7 Å². The lowest BCUT2D eigenvalue weighted by Crippen LogP contribution is -2.49. The number of rotatable bonds is 5.